The molecular formula is C23H25F2NO3. The van der Waals surface area contributed by atoms with E-state index in [-0.39, 0.29) is 17.3 Å². The third kappa shape index (κ3) is 4.65. The van der Waals surface area contributed by atoms with Crippen LogP contribution in [0.2, 0.25) is 0 Å². The molecule has 2 fully saturated rings. The van der Waals surface area contributed by atoms with Gasteiger partial charge in [0.2, 0.25) is 0 Å². The van der Waals surface area contributed by atoms with Crippen LogP contribution < -0.4 is 0 Å². The van der Waals surface area contributed by atoms with E-state index in [1.165, 1.54) is 0 Å². The van der Waals surface area contributed by atoms with E-state index < -0.39 is 17.5 Å². The maximum atomic E-state index is 13.9. The Labute approximate surface area is 169 Å². The van der Waals surface area contributed by atoms with Crippen molar-refractivity contribution in [3.63, 3.8) is 0 Å². The smallest absolute Gasteiger partial charge is 0.256 e. The number of carbonyl (C=O) groups is 1. The van der Waals surface area contributed by atoms with Gasteiger partial charge in [-0.3, -0.25) is 4.79 Å². The van der Waals surface area contributed by atoms with Crippen LogP contribution in [0.3, 0.4) is 0 Å². The molecule has 0 radical (unpaired) electrons. The van der Waals surface area contributed by atoms with Gasteiger partial charge in [-0.25, -0.2) is 8.78 Å². The molecule has 2 saturated heterocycles. The molecule has 2 aliphatic heterocycles. The Kier molecular flexibility index (Phi) is 5.92. The SMILES string of the molecule is O=C(c1cc(F)ccc1F)N1CCC2(CC1)CC(OCc1ccccc1)CCO2. The minimum absolute atomic E-state index is 0.117. The summed E-state index contributed by atoms with van der Waals surface area (Å²) in [5.41, 5.74) is 0.622. The average Bonchev–Trinajstić information content (AvgIpc) is 2.75. The fraction of sp³-hybridized carbons (Fsp3) is 0.435. The molecule has 0 aromatic heterocycles. The maximum absolute atomic E-state index is 13.9. The molecule has 0 saturated carbocycles. The van der Waals surface area contributed by atoms with E-state index in [1.807, 2.05) is 30.3 Å². The van der Waals surface area contributed by atoms with Crippen LogP contribution in [0.5, 0.6) is 0 Å². The molecule has 2 aromatic carbocycles. The second kappa shape index (κ2) is 8.59. The van der Waals surface area contributed by atoms with Crippen LogP contribution in [0.15, 0.2) is 48.5 Å². The van der Waals surface area contributed by atoms with Crippen molar-refractivity contribution in [2.45, 2.75) is 44.0 Å². The quantitative estimate of drug-likeness (QED) is 0.765. The predicted molar refractivity (Wildman–Crippen MR) is 104 cm³/mol. The molecule has 6 heteroatoms. The monoisotopic (exact) mass is 401 g/mol. The lowest BCUT2D eigenvalue weighted by Gasteiger charge is -2.46. The van der Waals surface area contributed by atoms with Crippen molar-refractivity contribution in [3.05, 3.63) is 71.3 Å². The number of halogens is 2. The van der Waals surface area contributed by atoms with Crippen LogP contribution >= 0.6 is 0 Å². The zero-order valence-electron chi connectivity index (χ0n) is 16.3. The van der Waals surface area contributed by atoms with Gasteiger partial charge in [0, 0.05) is 26.1 Å². The molecular weight excluding hydrogens is 376 g/mol. The molecule has 0 N–H and O–H groups in total. The third-order valence-electron chi connectivity index (χ3n) is 5.90. The van der Waals surface area contributed by atoms with E-state index in [0.29, 0.717) is 39.1 Å². The molecule has 2 aliphatic rings. The van der Waals surface area contributed by atoms with Gasteiger partial charge in [0.25, 0.3) is 5.91 Å². The van der Waals surface area contributed by atoms with E-state index in [0.717, 1.165) is 36.6 Å². The molecule has 0 aliphatic carbocycles. The van der Waals surface area contributed by atoms with E-state index in [9.17, 15) is 13.6 Å². The molecule has 1 amide bonds. The van der Waals surface area contributed by atoms with Gasteiger partial charge in [-0.2, -0.15) is 0 Å². The number of likely N-dealkylation sites (tertiary alicyclic amines) is 1. The highest BCUT2D eigenvalue weighted by Gasteiger charge is 2.41. The molecule has 1 unspecified atom stereocenters. The van der Waals surface area contributed by atoms with E-state index >= 15 is 0 Å². The number of carbonyl (C=O) groups excluding carboxylic acids is 1. The summed E-state index contributed by atoms with van der Waals surface area (Å²) >= 11 is 0. The number of piperidine rings is 1. The standard InChI is InChI=1S/C23H25F2NO3/c24-18-6-7-21(25)20(14-18)22(27)26-11-9-23(10-12-26)15-19(8-13-29-23)28-16-17-4-2-1-3-5-17/h1-7,14,19H,8-13,15-16H2. The third-order valence-corrected chi connectivity index (χ3v) is 5.90. The fourth-order valence-electron chi connectivity index (χ4n) is 4.21. The lowest BCUT2D eigenvalue weighted by atomic mass is 9.83. The number of ether oxygens (including phenoxy) is 2. The fourth-order valence-corrected chi connectivity index (χ4v) is 4.21. The lowest BCUT2D eigenvalue weighted by molar-refractivity contribution is -0.154. The van der Waals surface area contributed by atoms with Gasteiger partial charge in [-0.1, -0.05) is 30.3 Å². The van der Waals surface area contributed by atoms with Crippen molar-refractivity contribution < 1.29 is 23.0 Å². The minimum Gasteiger partial charge on any atom is -0.375 e. The number of nitrogens with zero attached hydrogens (tertiary/aromatic N) is 1. The van der Waals surface area contributed by atoms with Crippen LogP contribution in [-0.2, 0) is 16.1 Å². The molecule has 2 aromatic rings. The topological polar surface area (TPSA) is 38.8 Å². The van der Waals surface area contributed by atoms with Crippen LogP contribution in [0.25, 0.3) is 0 Å². The summed E-state index contributed by atoms with van der Waals surface area (Å²) in [6, 6.07) is 13.0. The van der Waals surface area contributed by atoms with Crippen LogP contribution in [0.4, 0.5) is 8.78 Å². The molecule has 1 atom stereocenters. The number of amides is 1. The molecule has 4 rings (SSSR count). The highest BCUT2D eigenvalue weighted by atomic mass is 19.1. The van der Waals surface area contributed by atoms with Gasteiger partial charge in [0.15, 0.2) is 0 Å². The molecule has 2 heterocycles. The Morgan fingerprint density at radius 2 is 1.90 bits per heavy atom. The van der Waals surface area contributed by atoms with Gasteiger partial charge < -0.3 is 14.4 Å². The van der Waals surface area contributed by atoms with Crippen molar-refractivity contribution >= 4 is 5.91 Å². The second-order valence-electron chi connectivity index (χ2n) is 7.86. The molecule has 0 bridgehead atoms. The van der Waals surface area contributed by atoms with Crippen molar-refractivity contribution in [3.8, 4) is 0 Å². The summed E-state index contributed by atoms with van der Waals surface area (Å²) in [5, 5.41) is 0. The first kappa shape index (κ1) is 20.0. The van der Waals surface area contributed by atoms with Gasteiger partial charge in [-0.05, 0) is 43.0 Å². The Hall–Kier alpha value is -2.31. The van der Waals surface area contributed by atoms with Gasteiger partial charge >= 0.3 is 0 Å². The van der Waals surface area contributed by atoms with Gasteiger partial charge in [-0.15, -0.1) is 0 Å². The first-order valence-electron chi connectivity index (χ1n) is 10.1. The van der Waals surface area contributed by atoms with E-state index in [1.54, 1.807) is 4.90 Å². The number of rotatable bonds is 4. The Morgan fingerprint density at radius 3 is 2.66 bits per heavy atom. The Morgan fingerprint density at radius 1 is 1.14 bits per heavy atom. The average molecular weight is 401 g/mol. The molecule has 1 spiro atoms. The van der Waals surface area contributed by atoms with Crippen molar-refractivity contribution in [1.82, 2.24) is 4.90 Å². The van der Waals surface area contributed by atoms with Crippen molar-refractivity contribution in [2.24, 2.45) is 0 Å². The summed E-state index contributed by atoms with van der Waals surface area (Å²) in [6.07, 6.45) is 3.09. The number of hydrogen-bond acceptors (Lipinski definition) is 3. The number of benzene rings is 2. The van der Waals surface area contributed by atoms with Gasteiger partial charge in [0.05, 0.1) is 23.9 Å². The summed E-state index contributed by atoms with van der Waals surface area (Å²) in [5.74, 6) is -1.78. The second-order valence-corrected chi connectivity index (χ2v) is 7.86. The first-order valence-corrected chi connectivity index (χ1v) is 10.1. The lowest BCUT2D eigenvalue weighted by Crippen LogP contribution is -2.52. The predicted octanol–water partition coefficient (Wildman–Crippen LogP) is 4.34. The molecule has 4 nitrogen and oxygen atoms in total. The molecule has 154 valence electrons. The maximum Gasteiger partial charge on any atom is 0.256 e. The summed E-state index contributed by atoms with van der Waals surface area (Å²) < 4.78 is 39.6. The van der Waals surface area contributed by atoms with Crippen LogP contribution in [0.1, 0.15) is 41.6 Å². The first-order chi connectivity index (χ1) is 14.0. The normalized spacial score (nSPS) is 21.3. The Bertz CT molecular complexity index is 850. The molecule has 29 heavy (non-hydrogen) atoms. The van der Waals surface area contributed by atoms with Crippen molar-refractivity contribution in [1.29, 1.82) is 0 Å². The highest BCUT2D eigenvalue weighted by molar-refractivity contribution is 5.94. The minimum atomic E-state index is -0.694. The highest BCUT2D eigenvalue weighted by Crippen LogP contribution is 2.36. The van der Waals surface area contributed by atoms with Gasteiger partial charge in [0.1, 0.15) is 11.6 Å². The van der Waals surface area contributed by atoms with Crippen molar-refractivity contribution in [2.75, 3.05) is 19.7 Å². The summed E-state index contributed by atoms with van der Waals surface area (Å²) in [4.78, 5) is 14.2. The summed E-state index contributed by atoms with van der Waals surface area (Å²) in [7, 11) is 0. The zero-order chi connectivity index (χ0) is 20.3. The van der Waals surface area contributed by atoms with Crippen LogP contribution in [-0.4, -0.2) is 42.2 Å². The summed E-state index contributed by atoms with van der Waals surface area (Å²) in [6.45, 7) is 2.12. The largest absolute Gasteiger partial charge is 0.375 e. The zero-order valence-corrected chi connectivity index (χ0v) is 16.3. The number of hydrogen-bond donors (Lipinski definition) is 0. The van der Waals surface area contributed by atoms with E-state index in [2.05, 4.69) is 0 Å². The Balaban J connectivity index is 1.34. The van der Waals surface area contributed by atoms with E-state index in [4.69, 9.17) is 9.47 Å². The van der Waals surface area contributed by atoms with Crippen LogP contribution in [0, 0.1) is 11.6 Å².